The standard InChI is InChI=1S/C24H16Cl2F2N6O/c1-11-21(24(35)32-19-6-13-10-30-34-18(13)9-17(19)28)22(15-3-2-14(25)8-16(15)27)33-23(31-11)12-4-5-29-20(26)7-12/h2-10,22H,1H3,(H,30,34)(H,31,33)(H,32,35)/t22-/m1/s1. The molecule has 0 bridgehead atoms. The van der Waals surface area contributed by atoms with Crippen molar-refractivity contribution in [3.05, 3.63) is 99.1 Å². The van der Waals surface area contributed by atoms with E-state index in [0.717, 1.165) is 6.07 Å². The summed E-state index contributed by atoms with van der Waals surface area (Å²) in [4.78, 5) is 22.0. The number of anilines is 1. The van der Waals surface area contributed by atoms with Gasteiger partial charge in [-0.05, 0) is 37.3 Å². The first kappa shape index (κ1) is 22.9. The number of nitrogens with zero attached hydrogens (tertiary/aromatic N) is 3. The summed E-state index contributed by atoms with van der Waals surface area (Å²) in [5, 5.41) is 13.3. The predicted octanol–water partition coefficient (Wildman–Crippen LogP) is 5.55. The molecule has 176 valence electrons. The summed E-state index contributed by atoms with van der Waals surface area (Å²) in [5.41, 5.74) is 1.69. The largest absolute Gasteiger partial charge is 0.343 e. The molecule has 0 saturated carbocycles. The second-order valence-corrected chi connectivity index (χ2v) is 8.64. The van der Waals surface area contributed by atoms with Crippen LogP contribution in [0.3, 0.4) is 0 Å². The van der Waals surface area contributed by atoms with Crippen LogP contribution in [0.15, 0.2) is 71.1 Å². The smallest absolute Gasteiger partial charge is 0.255 e. The van der Waals surface area contributed by atoms with Gasteiger partial charge in [0.05, 0.1) is 23.0 Å². The van der Waals surface area contributed by atoms with Crippen LogP contribution in [0.4, 0.5) is 14.5 Å². The number of aromatic nitrogens is 3. The number of rotatable bonds is 4. The van der Waals surface area contributed by atoms with E-state index in [1.807, 2.05) is 0 Å². The lowest BCUT2D eigenvalue weighted by atomic mass is 9.94. The van der Waals surface area contributed by atoms with E-state index in [9.17, 15) is 13.6 Å². The fourth-order valence-corrected chi connectivity index (χ4v) is 4.20. The molecule has 0 unspecified atom stereocenters. The van der Waals surface area contributed by atoms with Crippen molar-refractivity contribution in [1.82, 2.24) is 20.5 Å². The van der Waals surface area contributed by atoms with E-state index in [4.69, 9.17) is 23.2 Å². The zero-order valence-corrected chi connectivity index (χ0v) is 19.5. The molecule has 0 aliphatic carbocycles. The van der Waals surface area contributed by atoms with Crippen LogP contribution in [0.1, 0.15) is 24.1 Å². The van der Waals surface area contributed by atoms with E-state index in [0.29, 0.717) is 28.0 Å². The number of benzene rings is 2. The molecule has 11 heteroatoms. The maximum atomic E-state index is 15.0. The lowest BCUT2D eigenvalue weighted by Crippen LogP contribution is -2.34. The minimum atomic E-state index is -1.05. The van der Waals surface area contributed by atoms with Crippen molar-refractivity contribution >= 4 is 51.5 Å². The van der Waals surface area contributed by atoms with Crippen molar-refractivity contribution in [3.63, 3.8) is 0 Å². The van der Waals surface area contributed by atoms with Crippen molar-refractivity contribution in [3.8, 4) is 0 Å². The SMILES string of the molecule is CC1=C(C(=O)Nc2cc3cn[nH]c3cc2F)[C@@H](c2ccc(Cl)cc2F)N=C(c2ccnc(Cl)c2)N1. The highest BCUT2D eigenvalue weighted by Crippen LogP contribution is 2.35. The molecule has 4 aromatic rings. The van der Waals surface area contributed by atoms with Crippen molar-refractivity contribution in [2.45, 2.75) is 13.0 Å². The molecule has 1 amide bonds. The number of nitrogens with one attached hydrogen (secondary N) is 3. The topological polar surface area (TPSA) is 95.1 Å². The Morgan fingerprint density at radius 2 is 1.91 bits per heavy atom. The summed E-state index contributed by atoms with van der Waals surface area (Å²) in [7, 11) is 0. The van der Waals surface area contributed by atoms with Crippen LogP contribution in [-0.2, 0) is 4.79 Å². The van der Waals surface area contributed by atoms with E-state index in [2.05, 4.69) is 30.8 Å². The lowest BCUT2D eigenvalue weighted by molar-refractivity contribution is -0.113. The minimum absolute atomic E-state index is 0.0461. The molecule has 3 heterocycles. The quantitative estimate of drug-likeness (QED) is 0.312. The number of carbonyl (C=O) groups is 1. The van der Waals surface area contributed by atoms with Crippen LogP contribution in [0.5, 0.6) is 0 Å². The van der Waals surface area contributed by atoms with Crippen LogP contribution in [0.2, 0.25) is 10.2 Å². The van der Waals surface area contributed by atoms with Gasteiger partial charge in [-0.2, -0.15) is 5.10 Å². The third-order valence-electron chi connectivity index (χ3n) is 5.52. The number of pyridine rings is 1. The third kappa shape index (κ3) is 4.48. The van der Waals surface area contributed by atoms with Crippen LogP contribution < -0.4 is 10.6 Å². The number of hydrogen-bond acceptors (Lipinski definition) is 5. The second kappa shape index (κ2) is 9.09. The average Bonchev–Trinajstić information content (AvgIpc) is 3.25. The Bertz CT molecular complexity index is 1550. The molecule has 1 aliphatic rings. The minimum Gasteiger partial charge on any atom is -0.343 e. The molecule has 3 N–H and O–H groups in total. The van der Waals surface area contributed by atoms with Gasteiger partial charge in [-0.1, -0.05) is 29.3 Å². The first-order valence-electron chi connectivity index (χ1n) is 10.4. The molecule has 2 aromatic carbocycles. The Kier molecular flexibility index (Phi) is 5.96. The van der Waals surface area contributed by atoms with Gasteiger partial charge in [-0.15, -0.1) is 0 Å². The fraction of sp³-hybridized carbons (Fsp3) is 0.0833. The third-order valence-corrected chi connectivity index (χ3v) is 5.96. The van der Waals surface area contributed by atoms with Crippen LogP contribution >= 0.6 is 23.2 Å². The van der Waals surface area contributed by atoms with Crippen LogP contribution in [0, 0.1) is 11.6 Å². The number of allylic oxidation sites excluding steroid dienone is 1. The Labute approximate surface area is 207 Å². The molecule has 1 aliphatic heterocycles. The van der Waals surface area contributed by atoms with Crippen molar-refractivity contribution in [1.29, 1.82) is 0 Å². The number of amidine groups is 1. The van der Waals surface area contributed by atoms with Crippen molar-refractivity contribution in [2.75, 3.05) is 5.32 Å². The van der Waals surface area contributed by atoms with E-state index in [1.165, 1.54) is 36.7 Å². The summed E-state index contributed by atoms with van der Waals surface area (Å²) in [6, 6.07) is 9.05. The van der Waals surface area contributed by atoms with Gasteiger partial charge in [-0.25, -0.2) is 13.8 Å². The Morgan fingerprint density at radius 3 is 2.69 bits per heavy atom. The number of aliphatic imine (C=N–C) groups is 1. The van der Waals surface area contributed by atoms with Gasteiger partial charge < -0.3 is 10.6 Å². The van der Waals surface area contributed by atoms with Crippen LogP contribution in [0.25, 0.3) is 10.9 Å². The second-order valence-electron chi connectivity index (χ2n) is 7.82. The highest BCUT2D eigenvalue weighted by Gasteiger charge is 2.32. The fourth-order valence-electron chi connectivity index (χ4n) is 3.87. The molecular weight excluding hydrogens is 497 g/mol. The Hall–Kier alpha value is -3.82. The molecular formula is C24H16Cl2F2N6O. The maximum absolute atomic E-state index is 15.0. The van der Waals surface area contributed by atoms with Gasteiger partial charge in [0.15, 0.2) is 0 Å². The van der Waals surface area contributed by atoms with E-state index < -0.39 is 23.6 Å². The highest BCUT2D eigenvalue weighted by atomic mass is 35.5. The first-order valence-corrected chi connectivity index (χ1v) is 11.1. The summed E-state index contributed by atoms with van der Waals surface area (Å²) in [6.07, 6.45) is 3.02. The molecule has 0 spiro atoms. The number of hydrogen-bond donors (Lipinski definition) is 3. The summed E-state index contributed by atoms with van der Waals surface area (Å²) < 4.78 is 29.6. The van der Waals surface area contributed by atoms with Gasteiger partial charge in [0.1, 0.15) is 28.7 Å². The molecule has 2 aromatic heterocycles. The number of fused-ring (bicyclic) bond motifs is 1. The summed E-state index contributed by atoms with van der Waals surface area (Å²) in [6.45, 7) is 1.66. The van der Waals surface area contributed by atoms with Crippen LogP contribution in [-0.4, -0.2) is 26.9 Å². The molecule has 5 rings (SSSR count). The predicted molar refractivity (Wildman–Crippen MR) is 130 cm³/mol. The first-order chi connectivity index (χ1) is 16.8. The maximum Gasteiger partial charge on any atom is 0.255 e. The van der Waals surface area contributed by atoms with Gasteiger partial charge in [0, 0.05) is 39.5 Å². The average molecular weight is 513 g/mol. The molecule has 0 fully saturated rings. The molecule has 35 heavy (non-hydrogen) atoms. The lowest BCUT2D eigenvalue weighted by Gasteiger charge is -2.27. The normalized spacial score (nSPS) is 15.7. The van der Waals surface area contributed by atoms with Gasteiger partial charge in [-0.3, -0.25) is 14.9 Å². The number of aromatic amines is 1. The van der Waals surface area contributed by atoms with E-state index in [1.54, 1.807) is 19.1 Å². The number of amides is 1. The van der Waals surface area contributed by atoms with Crippen molar-refractivity contribution in [2.24, 2.45) is 4.99 Å². The molecule has 0 saturated heterocycles. The molecule has 7 nitrogen and oxygen atoms in total. The zero-order valence-electron chi connectivity index (χ0n) is 18.0. The Morgan fingerprint density at radius 1 is 1.09 bits per heavy atom. The highest BCUT2D eigenvalue weighted by molar-refractivity contribution is 6.30. The van der Waals surface area contributed by atoms with E-state index >= 15 is 0 Å². The Balaban J connectivity index is 1.57. The van der Waals surface area contributed by atoms with Crippen molar-refractivity contribution < 1.29 is 13.6 Å². The number of halogens is 4. The monoisotopic (exact) mass is 512 g/mol. The summed E-state index contributed by atoms with van der Waals surface area (Å²) in [5.74, 6) is -1.56. The van der Waals surface area contributed by atoms with Gasteiger partial charge >= 0.3 is 0 Å². The molecule has 0 radical (unpaired) electrons. The zero-order chi connectivity index (χ0) is 24.7. The summed E-state index contributed by atoms with van der Waals surface area (Å²) >= 11 is 12.0. The molecule has 1 atom stereocenters. The van der Waals surface area contributed by atoms with E-state index in [-0.39, 0.29) is 27.0 Å². The van der Waals surface area contributed by atoms with Gasteiger partial charge in [0.2, 0.25) is 0 Å². The van der Waals surface area contributed by atoms with Gasteiger partial charge in [0.25, 0.3) is 5.91 Å². The number of carbonyl (C=O) groups excluding carboxylic acids is 1. The number of H-pyrrole nitrogens is 1.